The van der Waals surface area contributed by atoms with Gasteiger partial charge in [0, 0.05) is 26.9 Å². The van der Waals surface area contributed by atoms with Crippen LogP contribution in [-0.2, 0) is 21.4 Å². The van der Waals surface area contributed by atoms with Crippen LogP contribution in [0.5, 0.6) is 0 Å². The van der Waals surface area contributed by atoms with Crippen LogP contribution in [0, 0.1) is 13.8 Å². The minimum absolute atomic E-state index is 0.0575. The van der Waals surface area contributed by atoms with Crippen molar-refractivity contribution in [2.24, 2.45) is 0 Å². The number of carbonyl (C=O) groups is 1. The zero-order valence-corrected chi connectivity index (χ0v) is 18.8. The lowest BCUT2D eigenvalue weighted by Gasteiger charge is -2.13. The molecular formula is C19H18BrN3O4S2. The molecule has 0 bridgehead atoms. The van der Waals surface area contributed by atoms with Gasteiger partial charge in [-0.05, 0) is 55.8 Å². The average Bonchev–Trinajstić information content (AvgIpc) is 2.97. The number of carbonyl (C=O) groups excluding carboxylic acids is 1. The predicted octanol–water partition coefficient (Wildman–Crippen LogP) is 3.73. The third kappa shape index (κ3) is 5.14. The smallest absolute Gasteiger partial charge is 0.307 e. The van der Waals surface area contributed by atoms with Crippen molar-refractivity contribution in [1.82, 2.24) is 4.57 Å². The highest BCUT2D eigenvalue weighted by Crippen LogP contribution is 2.24. The van der Waals surface area contributed by atoms with E-state index in [1.165, 1.54) is 10.6 Å². The molecule has 2 N–H and O–H groups in total. The van der Waals surface area contributed by atoms with Crippen LogP contribution in [0.3, 0.4) is 0 Å². The summed E-state index contributed by atoms with van der Waals surface area (Å²) in [5.41, 5.74) is 1.99. The van der Waals surface area contributed by atoms with Gasteiger partial charge in [0.2, 0.25) is 5.91 Å². The van der Waals surface area contributed by atoms with E-state index in [1.807, 2.05) is 0 Å². The molecule has 3 aromatic rings. The molecule has 29 heavy (non-hydrogen) atoms. The molecule has 7 nitrogen and oxygen atoms in total. The molecule has 0 saturated heterocycles. The topological polar surface area (TPSA) is 97.3 Å². The van der Waals surface area contributed by atoms with E-state index in [2.05, 4.69) is 26.0 Å². The Morgan fingerprint density at radius 2 is 1.76 bits per heavy atom. The first-order chi connectivity index (χ1) is 13.7. The summed E-state index contributed by atoms with van der Waals surface area (Å²) in [4.78, 5) is 23.9. The number of benzene rings is 2. The monoisotopic (exact) mass is 495 g/mol. The van der Waals surface area contributed by atoms with Crippen LogP contribution in [0.25, 0.3) is 0 Å². The molecule has 0 aliphatic rings. The molecule has 2 aromatic carbocycles. The van der Waals surface area contributed by atoms with E-state index in [-0.39, 0.29) is 16.3 Å². The van der Waals surface area contributed by atoms with Gasteiger partial charge < -0.3 is 5.32 Å². The number of halogens is 1. The van der Waals surface area contributed by atoms with Gasteiger partial charge in [0.15, 0.2) is 0 Å². The van der Waals surface area contributed by atoms with Crippen molar-refractivity contribution in [3.8, 4) is 0 Å². The van der Waals surface area contributed by atoms with Gasteiger partial charge in [0.05, 0.1) is 4.90 Å². The van der Waals surface area contributed by atoms with E-state index in [0.717, 1.165) is 15.8 Å². The summed E-state index contributed by atoms with van der Waals surface area (Å²) in [6.07, 6.45) is 0. The summed E-state index contributed by atoms with van der Waals surface area (Å²) in [7, 11) is -3.85. The van der Waals surface area contributed by atoms with E-state index in [9.17, 15) is 18.0 Å². The van der Waals surface area contributed by atoms with Crippen LogP contribution in [-0.4, -0.2) is 18.9 Å². The fourth-order valence-electron chi connectivity index (χ4n) is 2.64. The first-order valence-electron chi connectivity index (χ1n) is 8.49. The number of thiazole rings is 1. The Bertz CT molecular complexity index is 1210. The van der Waals surface area contributed by atoms with Gasteiger partial charge in [-0.2, -0.15) is 0 Å². The SMILES string of the molecule is Cc1ccc(NC(=O)Cn2c(C)csc2=O)cc1S(=O)(=O)Nc1ccc(Br)cc1. The Morgan fingerprint density at radius 1 is 1.10 bits per heavy atom. The first kappa shape index (κ1) is 21.3. The van der Waals surface area contributed by atoms with Crippen molar-refractivity contribution in [3.63, 3.8) is 0 Å². The molecule has 0 unspecified atom stereocenters. The van der Waals surface area contributed by atoms with Crippen molar-refractivity contribution in [2.45, 2.75) is 25.3 Å². The Hall–Kier alpha value is -2.43. The minimum atomic E-state index is -3.85. The molecule has 0 saturated carbocycles. The highest BCUT2D eigenvalue weighted by Gasteiger charge is 2.18. The third-order valence-electron chi connectivity index (χ3n) is 4.14. The molecule has 10 heteroatoms. The summed E-state index contributed by atoms with van der Waals surface area (Å²) in [6.45, 7) is 3.28. The zero-order chi connectivity index (χ0) is 21.2. The molecule has 0 fully saturated rings. The number of nitrogens with zero attached hydrogens (tertiary/aromatic N) is 1. The minimum Gasteiger partial charge on any atom is -0.324 e. The third-order valence-corrected chi connectivity index (χ3v) is 7.07. The fraction of sp³-hybridized carbons (Fsp3) is 0.158. The van der Waals surface area contributed by atoms with Gasteiger partial charge in [-0.15, -0.1) is 0 Å². The Labute approximate surface area is 180 Å². The van der Waals surface area contributed by atoms with Crippen LogP contribution in [0.15, 0.2) is 62.0 Å². The van der Waals surface area contributed by atoms with Crippen molar-refractivity contribution in [1.29, 1.82) is 0 Å². The Kier molecular flexibility index (Phi) is 6.25. The summed E-state index contributed by atoms with van der Waals surface area (Å²) >= 11 is 4.33. The largest absolute Gasteiger partial charge is 0.324 e. The number of aryl methyl sites for hydroxylation is 2. The summed E-state index contributed by atoms with van der Waals surface area (Å²) in [5.74, 6) is -0.415. The zero-order valence-electron chi connectivity index (χ0n) is 15.6. The lowest BCUT2D eigenvalue weighted by molar-refractivity contribution is -0.116. The van der Waals surface area contributed by atoms with Crippen molar-refractivity contribution in [2.75, 3.05) is 10.0 Å². The van der Waals surface area contributed by atoms with Gasteiger partial charge in [0.25, 0.3) is 10.0 Å². The molecule has 1 amide bonds. The number of aromatic nitrogens is 1. The van der Waals surface area contributed by atoms with E-state index in [4.69, 9.17) is 0 Å². The highest BCUT2D eigenvalue weighted by atomic mass is 79.9. The second-order valence-electron chi connectivity index (χ2n) is 6.37. The van der Waals surface area contributed by atoms with Gasteiger partial charge in [-0.25, -0.2) is 8.42 Å². The van der Waals surface area contributed by atoms with E-state index < -0.39 is 15.9 Å². The lowest BCUT2D eigenvalue weighted by atomic mass is 10.2. The van der Waals surface area contributed by atoms with Crippen LogP contribution in [0.1, 0.15) is 11.3 Å². The quantitative estimate of drug-likeness (QED) is 0.544. The van der Waals surface area contributed by atoms with Gasteiger partial charge in [-0.1, -0.05) is 33.3 Å². The Balaban J connectivity index is 1.81. The molecule has 1 heterocycles. The molecule has 152 valence electrons. The van der Waals surface area contributed by atoms with Crippen molar-refractivity contribution in [3.05, 3.63) is 73.2 Å². The normalized spacial score (nSPS) is 11.3. The first-order valence-corrected chi connectivity index (χ1v) is 11.6. The molecule has 0 aliphatic heterocycles. The average molecular weight is 496 g/mol. The molecule has 1 aromatic heterocycles. The second kappa shape index (κ2) is 8.52. The van der Waals surface area contributed by atoms with Crippen LogP contribution < -0.4 is 14.9 Å². The van der Waals surface area contributed by atoms with Crippen LogP contribution in [0.4, 0.5) is 11.4 Å². The van der Waals surface area contributed by atoms with Gasteiger partial charge in [-0.3, -0.25) is 18.9 Å². The Morgan fingerprint density at radius 3 is 2.38 bits per heavy atom. The maximum absolute atomic E-state index is 12.8. The summed E-state index contributed by atoms with van der Waals surface area (Å²) in [6, 6.07) is 11.4. The second-order valence-corrected chi connectivity index (χ2v) is 9.76. The van der Waals surface area contributed by atoms with Crippen molar-refractivity contribution >= 4 is 54.6 Å². The number of hydrogen-bond donors (Lipinski definition) is 2. The number of nitrogens with one attached hydrogen (secondary N) is 2. The molecule has 0 aliphatic carbocycles. The highest BCUT2D eigenvalue weighted by molar-refractivity contribution is 9.10. The number of sulfonamides is 1. The summed E-state index contributed by atoms with van der Waals surface area (Å²) < 4.78 is 30.3. The molecule has 0 radical (unpaired) electrons. The maximum Gasteiger partial charge on any atom is 0.307 e. The van der Waals surface area contributed by atoms with Crippen LogP contribution in [0.2, 0.25) is 0 Å². The predicted molar refractivity (Wildman–Crippen MR) is 118 cm³/mol. The van der Waals surface area contributed by atoms with Gasteiger partial charge >= 0.3 is 4.87 Å². The standard InChI is InChI=1S/C19H18BrN3O4S2/c1-12-3-6-16(21-18(24)10-23-13(2)11-28-19(23)25)9-17(12)29(26,27)22-15-7-4-14(20)5-8-15/h3-9,11,22H,10H2,1-2H3,(H,21,24). The summed E-state index contributed by atoms with van der Waals surface area (Å²) in [5, 5.41) is 4.33. The number of hydrogen-bond acceptors (Lipinski definition) is 5. The van der Waals surface area contributed by atoms with E-state index >= 15 is 0 Å². The molecular weight excluding hydrogens is 478 g/mol. The number of rotatable bonds is 6. The van der Waals surface area contributed by atoms with E-state index in [0.29, 0.717) is 22.6 Å². The lowest BCUT2D eigenvalue weighted by Crippen LogP contribution is -2.25. The van der Waals surface area contributed by atoms with E-state index in [1.54, 1.807) is 55.6 Å². The molecule has 3 rings (SSSR count). The maximum atomic E-state index is 12.8. The van der Waals surface area contributed by atoms with Crippen molar-refractivity contribution < 1.29 is 13.2 Å². The fourth-order valence-corrected chi connectivity index (χ4v) is 4.96. The van der Waals surface area contributed by atoms with Crippen LogP contribution >= 0.6 is 27.3 Å². The van der Waals surface area contributed by atoms with Gasteiger partial charge in [0.1, 0.15) is 6.54 Å². The number of amides is 1. The molecule has 0 atom stereocenters. The number of anilines is 2. The molecule has 0 spiro atoms.